The van der Waals surface area contributed by atoms with Gasteiger partial charge in [0.15, 0.2) is 0 Å². The van der Waals surface area contributed by atoms with E-state index in [-0.39, 0.29) is 0 Å². The van der Waals surface area contributed by atoms with E-state index in [0.29, 0.717) is 0 Å². The Morgan fingerprint density at radius 2 is 2.38 bits per heavy atom. The van der Waals surface area contributed by atoms with Gasteiger partial charge in [0, 0.05) is 25.7 Å². The van der Waals surface area contributed by atoms with Crippen molar-refractivity contribution in [2.24, 2.45) is 5.92 Å². The van der Waals surface area contributed by atoms with Crippen LogP contribution in [-0.2, 0) is 4.74 Å². The standard InChI is InChI=1S/C13H26N2O/c1-2-4-13-10-15(7-3-6-14-13)9-12-5-8-16-11-12/h12-14H,2-11H2,1H3. The Hall–Kier alpha value is -0.120. The molecule has 3 heteroatoms. The van der Waals surface area contributed by atoms with Crippen molar-refractivity contribution in [2.45, 2.75) is 38.6 Å². The van der Waals surface area contributed by atoms with E-state index in [0.717, 1.165) is 25.2 Å². The van der Waals surface area contributed by atoms with Gasteiger partial charge in [-0.3, -0.25) is 0 Å². The summed E-state index contributed by atoms with van der Waals surface area (Å²) in [7, 11) is 0. The van der Waals surface area contributed by atoms with E-state index < -0.39 is 0 Å². The first-order chi connectivity index (χ1) is 7.88. The van der Waals surface area contributed by atoms with Crippen LogP contribution in [0.25, 0.3) is 0 Å². The summed E-state index contributed by atoms with van der Waals surface area (Å²) in [5.74, 6) is 0.792. The van der Waals surface area contributed by atoms with Crippen LogP contribution in [0.2, 0.25) is 0 Å². The van der Waals surface area contributed by atoms with Gasteiger partial charge in [0.05, 0.1) is 6.61 Å². The first-order valence-corrected chi connectivity index (χ1v) is 6.92. The molecule has 2 unspecified atom stereocenters. The molecule has 0 saturated carbocycles. The van der Waals surface area contributed by atoms with Gasteiger partial charge in [-0.2, -0.15) is 0 Å². The summed E-state index contributed by atoms with van der Waals surface area (Å²) in [5.41, 5.74) is 0. The van der Waals surface area contributed by atoms with Crippen LogP contribution in [-0.4, -0.2) is 50.3 Å². The second-order valence-corrected chi connectivity index (χ2v) is 5.28. The van der Waals surface area contributed by atoms with Gasteiger partial charge < -0.3 is 15.0 Å². The Labute approximate surface area is 99.5 Å². The van der Waals surface area contributed by atoms with E-state index in [4.69, 9.17) is 4.74 Å². The van der Waals surface area contributed by atoms with E-state index in [1.165, 1.54) is 51.9 Å². The molecule has 2 rings (SSSR count). The summed E-state index contributed by atoms with van der Waals surface area (Å²) in [6.45, 7) is 9.21. The highest BCUT2D eigenvalue weighted by atomic mass is 16.5. The topological polar surface area (TPSA) is 24.5 Å². The normalized spacial score (nSPS) is 32.8. The number of rotatable bonds is 4. The maximum Gasteiger partial charge on any atom is 0.0507 e. The zero-order chi connectivity index (χ0) is 11.2. The van der Waals surface area contributed by atoms with Crippen LogP contribution in [0.3, 0.4) is 0 Å². The van der Waals surface area contributed by atoms with Gasteiger partial charge in [-0.15, -0.1) is 0 Å². The van der Waals surface area contributed by atoms with Crippen LogP contribution in [0.5, 0.6) is 0 Å². The van der Waals surface area contributed by atoms with Gasteiger partial charge in [-0.25, -0.2) is 0 Å². The lowest BCUT2D eigenvalue weighted by molar-refractivity contribution is 0.165. The number of ether oxygens (including phenoxy) is 1. The Morgan fingerprint density at radius 1 is 1.44 bits per heavy atom. The second-order valence-electron chi connectivity index (χ2n) is 5.28. The molecule has 2 aliphatic rings. The highest BCUT2D eigenvalue weighted by Crippen LogP contribution is 2.15. The number of nitrogens with zero attached hydrogens (tertiary/aromatic N) is 1. The van der Waals surface area contributed by atoms with Crippen molar-refractivity contribution in [3.05, 3.63) is 0 Å². The summed E-state index contributed by atoms with van der Waals surface area (Å²) in [5, 5.41) is 3.66. The molecule has 94 valence electrons. The van der Waals surface area contributed by atoms with Gasteiger partial charge in [-0.1, -0.05) is 13.3 Å². The molecule has 16 heavy (non-hydrogen) atoms. The third kappa shape index (κ3) is 3.72. The van der Waals surface area contributed by atoms with E-state index in [2.05, 4.69) is 17.1 Å². The molecular formula is C13H26N2O. The predicted molar refractivity (Wildman–Crippen MR) is 66.7 cm³/mol. The van der Waals surface area contributed by atoms with Crippen molar-refractivity contribution < 1.29 is 4.74 Å². The molecule has 2 fully saturated rings. The molecule has 3 nitrogen and oxygen atoms in total. The Balaban J connectivity index is 1.77. The van der Waals surface area contributed by atoms with Crippen molar-refractivity contribution in [3.63, 3.8) is 0 Å². The molecule has 0 aliphatic carbocycles. The minimum Gasteiger partial charge on any atom is -0.381 e. The minimum atomic E-state index is 0.717. The Kier molecular flexibility index (Phi) is 5.07. The predicted octanol–water partition coefficient (Wildman–Crippen LogP) is 1.49. The molecule has 0 aromatic heterocycles. The lowest BCUT2D eigenvalue weighted by Gasteiger charge is -2.26. The Bertz CT molecular complexity index is 192. The highest BCUT2D eigenvalue weighted by molar-refractivity contribution is 4.78. The van der Waals surface area contributed by atoms with Crippen molar-refractivity contribution >= 4 is 0 Å². The van der Waals surface area contributed by atoms with Crippen molar-refractivity contribution in [3.8, 4) is 0 Å². The van der Waals surface area contributed by atoms with E-state index in [1.807, 2.05) is 0 Å². The fourth-order valence-corrected chi connectivity index (χ4v) is 2.88. The molecule has 0 spiro atoms. The lowest BCUT2D eigenvalue weighted by Crippen LogP contribution is -2.39. The smallest absolute Gasteiger partial charge is 0.0507 e. The van der Waals surface area contributed by atoms with E-state index in [9.17, 15) is 0 Å². The number of nitrogens with one attached hydrogen (secondary N) is 1. The zero-order valence-electron chi connectivity index (χ0n) is 10.6. The molecule has 1 N–H and O–H groups in total. The fraction of sp³-hybridized carbons (Fsp3) is 1.00. The molecule has 2 atom stereocenters. The summed E-state index contributed by atoms with van der Waals surface area (Å²) in [6, 6.07) is 0.717. The number of hydrogen-bond donors (Lipinski definition) is 1. The van der Waals surface area contributed by atoms with Crippen LogP contribution < -0.4 is 5.32 Å². The summed E-state index contributed by atoms with van der Waals surface area (Å²) < 4.78 is 5.46. The maximum atomic E-state index is 5.46. The van der Waals surface area contributed by atoms with Crippen LogP contribution in [0, 0.1) is 5.92 Å². The lowest BCUT2D eigenvalue weighted by atomic mass is 10.1. The van der Waals surface area contributed by atoms with Gasteiger partial charge >= 0.3 is 0 Å². The minimum absolute atomic E-state index is 0.717. The summed E-state index contributed by atoms with van der Waals surface area (Å²) in [4.78, 5) is 2.65. The zero-order valence-corrected chi connectivity index (χ0v) is 10.6. The molecule has 2 aliphatic heterocycles. The van der Waals surface area contributed by atoms with Gasteiger partial charge in [-0.05, 0) is 38.3 Å². The fourth-order valence-electron chi connectivity index (χ4n) is 2.88. The van der Waals surface area contributed by atoms with Crippen LogP contribution >= 0.6 is 0 Å². The SMILES string of the molecule is CCCC1CN(CC2CCOC2)CCCN1. The average Bonchev–Trinajstić information content (AvgIpc) is 2.67. The molecular weight excluding hydrogens is 200 g/mol. The van der Waals surface area contributed by atoms with Gasteiger partial charge in [0.1, 0.15) is 0 Å². The highest BCUT2D eigenvalue weighted by Gasteiger charge is 2.22. The third-order valence-corrected chi connectivity index (χ3v) is 3.74. The first kappa shape index (κ1) is 12.3. The van der Waals surface area contributed by atoms with Gasteiger partial charge in [0.2, 0.25) is 0 Å². The largest absolute Gasteiger partial charge is 0.381 e. The van der Waals surface area contributed by atoms with E-state index in [1.54, 1.807) is 0 Å². The molecule has 0 aromatic carbocycles. The third-order valence-electron chi connectivity index (χ3n) is 3.74. The van der Waals surface area contributed by atoms with Crippen LogP contribution in [0.4, 0.5) is 0 Å². The second kappa shape index (κ2) is 6.58. The summed E-state index contributed by atoms with van der Waals surface area (Å²) >= 11 is 0. The van der Waals surface area contributed by atoms with Crippen LogP contribution in [0.1, 0.15) is 32.6 Å². The molecule has 2 heterocycles. The molecule has 0 radical (unpaired) electrons. The van der Waals surface area contributed by atoms with E-state index >= 15 is 0 Å². The van der Waals surface area contributed by atoms with Crippen molar-refractivity contribution in [1.29, 1.82) is 0 Å². The van der Waals surface area contributed by atoms with Crippen molar-refractivity contribution in [1.82, 2.24) is 10.2 Å². The van der Waals surface area contributed by atoms with Crippen molar-refractivity contribution in [2.75, 3.05) is 39.4 Å². The summed E-state index contributed by atoms with van der Waals surface area (Å²) in [6.07, 6.45) is 5.17. The maximum absolute atomic E-state index is 5.46. The molecule has 0 amide bonds. The molecule has 0 aromatic rings. The monoisotopic (exact) mass is 226 g/mol. The average molecular weight is 226 g/mol. The molecule has 0 bridgehead atoms. The quantitative estimate of drug-likeness (QED) is 0.786. The Morgan fingerprint density at radius 3 is 3.12 bits per heavy atom. The van der Waals surface area contributed by atoms with Crippen LogP contribution in [0.15, 0.2) is 0 Å². The van der Waals surface area contributed by atoms with Gasteiger partial charge in [0.25, 0.3) is 0 Å². The first-order valence-electron chi connectivity index (χ1n) is 6.92. The number of hydrogen-bond acceptors (Lipinski definition) is 3. The molecule has 2 saturated heterocycles.